The Labute approximate surface area is 161 Å². The number of anilines is 2. The van der Waals surface area contributed by atoms with Crippen LogP contribution in [0.4, 0.5) is 11.4 Å². The van der Waals surface area contributed by atoms with E-state index in [1.54, 1.807) is 24.3 Å². The van der Waals surface area contributed by atoms with E-state index in [0.717, 1.165) is 10.5 Å². The first-order valence-corrected chi connectivity index (χ1v) is 8.85. The molecule has 2 aliphatic heterocycles. The van der Waals surface area contributed by atoms with Crippen LogP contribution in [0.5, 0.6) is 0 Å². The Morgan fingerprint density at radius 3 is 2.33 bits per heavy atom. The predicted octanol–water partition coefficient (Wildman–Crippen LogP) is 2.97. The Morgan fingerprint density at radius 1 is 1.04 bits per heavy atom. The number of aryl methyl sites for hydroxylation is 1. The van der Waals surface area contributed by atoms with E-state index in [2.05, 4.69) is 5.10 Å². The molecule has 0 unspecified atom stereocenters. The summed E-state index contributed by atoms with van der Waals surface area (Å²) in [5, 5.41) is 6.37. The lowest BCUT2D eigenvalue weighted by atomic mass is 9.95. The molecule has 1 fully saturated rings. The number of amides is 2. The van der Waals surface area contributed by atoms with Crippen molar-refractivity contribution in [2.24, 2.45) is 11.0 Å². The summed E-state index contributed by atoms with van der Waals surface area (Å²) in [7, 11) is 0. The summed E-state index contributed by atoms with van der Waals surface area (Å²) in [4.78, 5) is 39.5. The van der Waals surface area contributed by atoms with Gasteiger partial charge < -0.3 is 0 Å². The fraction of sp³-hybridized carbons (Fsp3) is 0.200. The number of nitrogens with zero attached hydrogens (tertiary/aromatic N) is 3. The van der Waals surface area contributed by atoms with Crippen LogP contribution in [0, 0.1) is 12.8 Å². The van der Waals surface area contributed by atoms with Crippen molar-refractivity contribution in [1.29, 1.82) is 0 Å². The van der Waals surface area contributed by atoms with Crippen molar-refractivity contribution < 1.29 is 14.4 Å². The van der Waals surface area contributed by atoms with Crippen LogP contribution in [0.1, 0.15) is 12.5 Å². The molecule has 0 spiro atoms. The van der Waals surface area contributed by atoms with Crippen LogP contribution in [0.3, 0.4) is 0 Å². The summed E-state index contributed by atoms with van der Waals surface area (Å²) in [6.45, 7) is 3.25. The fourth-order valence-electron chi connectivity index (χ4n) is 3.57. The number of ketones is 1. The van der Waals surface area contributed by atoms with E-state index < -0.39 is 23.8 Å². The number of hydrogen-bond donors (Lipinski definition) is 0. The molecule has 136 valence electrons. The van der Waals surface area contributed by atoms with Gasteiger partial charge in [-0.05, 0) is 42.8 Å². The molecule has 0 radical (unpaired) electrons. The lowest BCUT2D eigenvalue weighted by molar-refractivity contribution is -0.122. The summed E-state index contributed by atoms with van der Waals surface area (Å²) in [5.41, 5.74) is 2.13. The number of para-hydroxylation sites is 1. The number of hydrogen-bond acceptors (Lipinski definition) is 5. The van der Waals surface area contributed by atoms with Gasteiger partial charge in [0, 0.05) is 11.9 Å². The van der Waals surface area contributed by atoms with Crippen molar-refractivity contribution in [3.05, 3.63) is 59.1 Å². The van der Waals surface area contributed by atoms with Gasteiger partial charge in [0.2, 0.25) is 5.91 Å². The van der Waals surface area contributed by atoms with Crippen molar-refractivity contribution in [2.45, 2.75) is 19.9 Å². The molecule has 7 heteroatoms. The molecule has 0 aliphatic carbocycles. The van der Waals surface area contributed by atoms with Crippen LogP contribution < -0.4 is 9.91 Å². The molecule has 2 amide bonds. The summed E-state index contributed by atoms with van der Waals surface area (Å²) in [6.07, 6.45) is 0. The molecule has 27 heavy (non-hydrogen) atoms. The average Bonchev–Trinajstić information content (AvgIpc) is 3.14. The summed E-state index contributed by atoms with van der Waals surface area (Å²) >= 11 is 5.91. The van der Waals surface area contributed by atoms with Crippen molar-refractivity contribution in [3.63, 3.8) is 0 Å². The number of halogens is 1. The average molecular weight is 382 g/mol. The van der Waals surface area contributed by atoms with E-state index in [4.69, 9.17) is 11.6 Å². The number of Topliss-reactive ketones (excluding diaryl/α,β-unsaturated/α-hetero) is 1. The van der Waals surface area contributed by atoms with Crippen LogP contribution in [0.15, 0.2) is 53.6 Å². The first-order valence-electron chi connectivity index (χ1n) is 8.48. The highest BCUT2D eigenvalue weighted by atomic mass is 35.5. The second-order valence-corrected chi connectivity index (χ2v) is 7.02. The Bertz CT molecular complexity index is 1000. The largest absolute Gasteiger partial charge is 0.293 e. The Hall–Kier alpha value is -2.99. The Balaban J connectivity index is 1.82. The minimum atomic E-state index is -0.912. The molecule has 2 atom stereocenters. The van der Waals surface area contributed by atoms with E-state index in [0.29, 0.717) is 16.4 Å². The number of hydrazone groups is 1. The molecular weight excluding hydrogens is 366 g/mol. The summed E-state index contributed by atoms with van der Waals surface area (Å²) in [6, 6.07) is 13.0. The minimum Gasteiger partial charge on any atom is -0.293 e. The molecule has 0 bridgehead atoms. The molecule has 2 aromatic rings. The van der Waals surface area contributed by atoms with Gasteiger partial charge >= 0.3 is 0 Å². The quantitative estimate of drug-likeness (QED) is 0.766. The van der Waals surface area contributed by atoms with Crippen molar-refractivity contribution in [3.8, 4) is 0 Å². The summed E-state index contributed by atoms with van der Waals surface area (Å²) < 4.78 is 0. The van der Waals surface area contributed by atoms with Gasteiger partial charge in [-0.3, -0.25) is 19.4 Å². The smallest absolute Gasteiger partial charge is 0.259 e. The van der Waals surface area contributed by atoms with E-state index >= 15 is 0 Å². The highest BCUT2D eigenvalue weighted by Crippen LogP contribution is 2.38. The van der Waals surface area contributed by atoms with E-state index in [-0.39, 0.29) is 11.5 Å². The molecule has 0 N–H and O–H groups in total. The van der Waals surface area contributed by atoms with E-state index in [9.17, 15) is 14.4 Å². The van der Waals surface area contributed by atoms with Crippen LogP contribution in [-0.2, 0) is 14.4 Å². The molecule has 4 rings (SSSR count). The zero-order chi connectivity index (χ0) is 19.3. The topological polar surface area (TPSA) is 70.1 Å². The van der Waals surface area contributed by atoms with Gasteiger partial charge in [-0.25, -0.2) is 4.90 Å². The van der Waals surface area contributed by atoms with Crippen LogP contribution >= 0.6 is 11.6 Å². The number of carbonyl (C=O) groups excluding carboxylic acids is 3. The maximum Gasteiger partial charge on any atom is 0.259 e. The van der Waals surface area contributed by atoms with Crippen molar-refractivity contribution in [1.82, 2.24) is 0 Å². The monoisotopic (exact) mass is 381 g/mol. The van der Waals surface area contributed by atoms with Gasteiger partial charge in [0.15, 0.2) is 5.78 Å². The molecule has 0 aromatic heterocycles. The first kappa shape index (κ1) is 17.4. The SMILES string of the molecule is CC(=O)C1=NN(c2ccccc2C)[C@H]2C(=O)N(c3ccc(Cl)cc3)C(=O)[C@@H]12. The lowest BCUT2D eigenvalue weighted by Crippen LogP contribution is -2.39. The van der Waals surface area contributed by atoms with Gasteiger partial charge in [0.1, 0.15) is 17.7 Å². The number of fused-ring (bicyclic) bond motifs is 1. The molecule has 2 aromatic carbocycles. The maximum atomic E-state index is 13.2. The van der Waals surface area contributed by atoms with Crippen LogP contribution in [0.2, 0.25) is 5.02 Å². The van der Waals surface area contributed by atoms with Crippen molar-refractivity contribution >= 4 is 46.3 Å². The highest BCUT2D eigenvalue weighted by molar-refractivity contribution is 6.49. The lowest BCUT2D eigenvalue weighted by Gasteiger charge is -2.23. The zero-order valence-electron chi connectivity index (χ0n) is 14.7. The van der Waals surface area contributed by atoms with Gasteiger partial charge in [0.25, 0.3) is 5.91 Å². The zero-order valence-corrected chi connectivity index (χ0v) is 15.5. The number of carbonyl (C=O) groups is 3. The van der Waals surface area contributed by atoms with Gasteiger partial charge in [-0.15, -0.1) is 0 Å². The van der Waals surface area contributed by atoms with E-state index in [1.807, 2.05) is 31.2 Å². The second-order valence-electron chi connectivity index (χ2n) is 6.58. The number of imide groups is 1. The molecule has 1 saturated heterocycles. The third-order valence-electron chi connectivity index (χ3n) is 4.86. The third kappa shape index (κ3) is 2.64. The van der Waals surface area contributed by atoms with Crippen molar-refractivity contribution in [2.75, 3.05) is 9.91 Å². The summed E-state index contributed by atoms with van der Waals surface area (Å²) in [5.74, 6) is -2.08. The Kier molecular flexibility index (Phi) is 4.08. The van der Waals surface area contributed by atoms with Gasteiger partial charge in [-0.2, -0.15) is 5.10 Å². The molecule has 2 heterocycles. The number of benzene rings is 2. The normalized spacial score (nSPS) is 21.5. The maximum absolute atomic E-state index is 13.2. The standard InChI is InChI=1S/C20H16ClN3O3/c1-11-5-3-4-6-15(11)24-18-16(17(22-24)12(2)25)19(26)23(20(18)27)14-9-7-13(21)8-10-14/h3-10,16,18H,1-2H3/t16-,18+/m0/s1. The predicted molar refractivity (Wildman–Crippen MR) is 103 cm³/mol. The highest BCUT2D eigenvalue weighted by Gasteiger charge is 2.58. The fourth-order valence-corrected chi connectivity index (χ4v) is 3.69. The Morgan fingerprint density at radius 2 is 1.70 bits per heavy atom. The second kappa shape index (κ2) is 6.32. The molecule has 0 saturated carbocycles. The first-order chi connectivity index (χ1) is 12.9. The number of rotatable bonds is 3. The van der Waals surface area contributed by atoms with Crippen LogP contribution in [-0.4, -0.2) is 29.4 Å². The molecule has 2 aliphatic rings. The molecule has 6 nitrogen and oxygen atoms in total. The van der Waals surface area contributed by atoms with Gasteiger partial charge in [-0.1, -0.05) is 29.8 Å². The van der Waals surface area contributed by atoms with Gasteiger partial charge in [0.05, 0.1) is 11.4 Å². The van der Waals surface area contributed by atoms with E-state index in [1.165, 1.54) is 11.9 Å². The van der Waals surface area contributed by atoms with Crippen LogP contribution in [0.25, 0.3) is 0 Å². The minimum absolute atomic E-state index is 0.109. The molecular formula is C20H16ClN3O3. The third-order valence-corrected chi connectivity index (χ3v) is 5.11.